The Labute approximate surface area is 99.6 Å². The van der Waals surface area contributed by atoms with Gasteiger partial charge in [0, 0.05) is 18.1 Å². The van der Waals surface area contributed by atoms with Crippen molar-refractivity contribution >= 4 is 0 Å². The van der Waals surface area contributed by atoms with E-state index in [1.54, 1.807) is 0 Å². The smallest absolute Gasteiger partial charge is 0.0670 e. The number of hydrogen-bond donors (Lipinski definition) is 0. The van der Waals surface area contributed by atoms with Crippen molar-refractivity contribution < 1.29 is 0 Å². The minimum Gasteiger partial charge on any atom is -0.294 e. The lowest BCUT2D eigenvalue weighted by Crippen LogP contribution is -2.45. The maximum absolute atomic E-state index is 9.09. The van der Waals surface area contributed by atoms with Crippen LogP contribution in [0.3, 0.4) is 0 Å². The van der Waals surface area contributed by atoms with E-state index in [9.17, 15) is 0 Å². The van der Waals surface area contributed by atoms with Crippen molar-refractivity contribution in [1.82, 2.24) is 4.90 Å². The van der Waals surface area contributed by atoms with Gasteiger partial charge in [0.05, 0.1) is 12.0 Å². The molecule has 2 aliphatic rings. The van der Waals surface area contributed by atoms with Gasteiger partial charge in [-0.25, -0.2) is 0 Å². The first-order valence-electron chi connectivity index (χ1n) is 6.80. The second kappa shape index (κ2) is 4.75. The summed E-state index contributed by atoms with van der Waals surface area (Å²) in [5.74, 6) is 0.262. The van der Waals surface area contributed by atoms with Gasteiger partial charge in [-0.3, -0.25) is 4.90 Å². The standard InChI is InChI=1S/C14H24N2/c1-14(2)9-12(10-15)11-16(14)13-7-5-3-4-6-8-13/h12-13H,3-9,11H2,1-2H3. The molecule has 2 rings (SSSR count). The molecule has 0 amide bonds. The van der Waals surface area contributed by atoms with E-state index in [4.69, 9.17) is 5.26 Å². The van der Waals surface area contributed by atoms with Crippen LogP contribution in [0.2, 0.25) is 0 Å². The highest BCUT2D eigenvalue weighted by Gasteiger charge is 2.41. The molecule has 0 aromatic heterocycles. The highest BCUT2D eigenvalue weighted by molar-refractivity contribution is 5.03. The Balaban J connectivity index is 2.04. The van der Waals surface area contributed by atoms with Crippen LogP contribution in [0.4, 0.5) is 0 Å². The van der Waals surface area contributed by atoms with Crippen LogP contribution in [0.5, 0.6) is 0 Å². The molecule has 1 aliphatic carbocycles. The molecule has 0 aromatic rings. The molecule has 1 unspecified atom stereocenters. The number of nitriles is 1. The molecule has 2 fully saturated rings. The van der Waals surface area contributed by atoms with Crippen molar-refractivity contribution in [2.24, 2.45) is 5.92 Å². The first-order chi connectivity index (χ1) is 7.63. The van der Waals surface area contributed by atoms with E-state index < -0.39 is 0 Å². The summed E-state index contributed by atoms with van der Waals surface area (Å²) in [7, 11) is 0. The summed E-state index contributed by atoms with van der Waals surface area (Å²) in [6.45, 7) is 5.64. The summed E-state index contributed by atoms with van der Waals surface area (Å²) in [4.78, 5) is 2.63. The summed E-state index contributed by atoms with van der Waals surface area (Å²) < 4.78 is 0. The minimum atomic E-state index is 0.245. The lowest BCUT2D eigenvalue weighted by Gasteiger charge is -2.38. The summed E-state index contributed by atoms with van der Waals surface area (Å²) in [6, 6.07) is 3.21. The van der Waals surface area contributed by atoms with Gasteiger partial charge in [-0.05, 0) is 33.1 Å². The largest absolute Gasteiger partial charge is 0.294 e. The van der Waals surface area contributed by atoms with Crippen LogP contribution < -0.4 is 0 Å². The van der Waals surface area contributed by atoms with Gasteiger partial charge in [0.1, 0.15) is 0 Å². The average Bonchev–Trinajstić information content (AvgIpc) is 2.45. The van der Waals surface area contributed by atoms with Gasteiger partial charge >= 0.3 is 0 Å². The van der Waals surface area contributed by atoms with Crippen LogP contribution in [0, 0.1) is 17.2 Å². The molecular weight excluding hydrogens is 196 g/mol. The van der Waals surface area contributed by atoms with Gasteiger partial charge in [0.15, 0.2) is 0 Å². The number of hydrogen-bond acceptors (Lipinski definition) is 2. The predicted molar refractivity (Wildman–Crippen MR) is 66.0 cm³/mol. The maximum Gasteiger partial charge on any atom is 0.0670 e. The van der Waals surface area contributed by atoms with E-state index in [1.165, 1.54) is 38.5 Å². The second-order valence-corrected chi connectivity index (χ2v) is 6.14. The summed E-state index contributed by atoms with van der Waals surface area (Å²) in [5.41, 5.74) is 0.245. The predicted octanol–water partition coefficient (Wildman–Crippen LogP) is 3.33. The summed E-state index contributed by atoms with van der Waals surface area (Å²) in [6.07, 6.45) is 9.34. The zero-order valence-electron chi connectivity index (χ0n) is 10.7. The third-order valence-corrected chi connectivity index (χ3v) is 4.39. The fourth-order valence-corrected chi connectivity index (χ4v) is 3.57. The van der Waals surface area contributed by atoms with E-state index in [0.717, 1.165) is 19.0 Å². The average molecular weight is 220 g/mol. The molecule has 2 nitrogen and oxygen atoms in total. The van der Waals surface area contributed by atoms with Crippen LogP contribution >= 0.6 is 0 Å². The van der Waals surface area contributed by atoms with Gasteiger partial charge in [-0.2, -0.15) is 5.26 Å². The van der Waals surface area contributed by atoms with Gasteiger partial charge in [0.2, 0.25) is 0 Å². The Morgan fingerprint density at radius 2 is 1.75 bits per heavy atom. The molecule has 0 spiro atoms. The quantitative estimate of drug-likeness (QED) is 0.634. The molecule has 2 heteroatoms. The van der Waals surface area contributed by atoms with Crippen molar-refractivity contribution in [3.63, 3.8) is 0 Å². The Hall–Kier alpha value is -0.550. The van der Waals surface area contributed by atoms with Crippen LogP contribution in [-0.2, 0) is 0 Å². The first kappa shape index (κ1) is 11.9. The fraction of sp³-hybridized carbons (Fsp3) is 0.929. The van der Waals surface area contributed by atoms with Crippen LogP contribution in [0.25, 0.3) is 0 Å². The van der Waals surface area contributed by atoms with Crippen LogP contribution in [0.15, 0.2) is 0 Å². The molecule has 1 aliphatic heterocycles. The van der Waals surface area contributed by atoms with Gasteiger partial charge in [-0.1, -0.05) is 25.7 Å². The minimum absolute atomic E-state index is 0.245. The Morgan fingerprint density at radius 3 is 2.25 bits per heavy atom. The topological polar surface area (TPSA) is 27.0 Å². The normalized spacial score (nSPS) is 32.2. The Bertz CT molecular complexity index is 269. The van der Waals surface area contributed by atoms with Crippen molar-refractivity contribution in [1.29, 1.82) is 5.26 Å². The van der Waals surface area contributed by atoms with Crippen molar-refractivity contribution in [2.45, 2.75) is 70.4 Å². The SMILES string of the molecule is CC1(C)CC(C#N)CN1C1CCCCCC1. The molecule has 0 N–H and O–H groups in total. The zero-order chi connectivity index (χ0) is 11.6. The number of likely N-dealkylation sites (tertiary alicyclic amines) is 1. The summed E-state index contributed by atoms with van der Waals surface area (Å²) in [5, 5.41) is 9.09. The van der Waals surface area contributed by atoms with Gasteiger partial charge < -0.3 is 0 Å². The molecule has 0 bridgehead atoms. The first-order valence-corrected chi connectivity index (χ1v) is 6.80. The molecule has 1 atom stereocenters. The molecule has 90 valence electrons. The molecular formula is C14H24N2. The molecule has 16 heavy (non-hydrogen) atoms. The third kappa shape index (κ3) is 2.40. The summed E-state index contributed by atoms with van der Waals surface area (Å²) >= 11 is 0. The lowest BCUT2D eigenvalue weighted by molar-refractivity contribution is 0.104. The van der Waals surface area contributed by atoms with E-state index in [2.05, 4.69) is 24.8 Å². The Morgan fingerprint density at radius 1 is 1.12 bits per heavy atom. The van der Waals surface area contributed by atoms with Gasteiger partial charge in [-0.15, -0.1) is 0 Å². The van der Waals surface area contributed by atoms with Crippen LogP contribution in [-0.4, -0.2) is 23.0 Å². The lowest BCUT2D eigenvalue weighted by atomic mass is 9.95. The van der Waals surface area contributed by atoms with Crippen molar-refractivity contribution in [3.8, 4) is 6.07 Å². The monoisotopic (exact) mass is 220 g/mol. The molecule has 1 saturated carbocycles. The second-order valence-electron chi connectivity index (χ2n) is 6.14. The van der Waals surface area contributed by atoms with Gasteiger partial charge in [0.25, 0.3) is 0 Å². The fourth-order valence-electron chi connectivity index (χ4n) is 3.57. The Kier molecular flexibility index (Phi) is 3.54. The molecule has 1 heterocycles. The number of rotatable bonds is 1. The van der Waals surface area contributed by atoms with Crippen molar-refractivity contribution in [3.05, 3.63) is 0 Å². The number of nitrogens with zero attached hydrogens (tertiary/aromatic N) is 2. The van der Waals surface area contributed by atoms with E-state index >= 15 is 0 Å². The van der Waals surface area contributed by atoms with Crippen molar-refractivity contribution in [2.75, 3.05) is 6.54 Å². The third-order valence-electron chi connectivity index (χ3n) is 4.39. The van der Waals surface area contributed by atoms with E-state index in [1.807, 2.05) is 0 Å². The van der Waals surface area contributed by atoms with Crippen LogP contribution in [0.1, 0.15) is 58.8 Å². The molecule has 0 radical (unpaired) electrons. The molecule has 1 saturated heterocycles. The maximum atomic E-state index is 9.09. The van der Waals surface area contributed by atoms with E-state index in [-0.39, 0.29) is 11.5 Å². The van der Waals surface area contributed by atoms with E-state index in [0.29, 0.717) is 0 Å². The zero-order valence-corrected chi connectivity index (χ0v) is 10.7. The highest BCUT2D eigenvalue weighted by Crippen LogP contribution is 2.37. The molecule has 0 aromatic carbocycles. The highest BCUT2D eigenvalue weighted by atomic mass is 15.2.